The molecule has 1 aromatic rings. The summed E-state index contributed by atoms with van der Waals surface area (Å²) in [4.78, 5) is 9.37. The molecule has 0 saturated heterocycles. The lowest BCUT2D eigenvalue weighted by molar-refractivity contribution is 0.182. The first kappa shape index (κ1) is 12.5. The lowest BCUT2D eigenvalue weighted by Gasteiger charge is -1.93. The lowest BCUT2D eigenvalue weighted by atomic mass is 10.1. The molecule has 0 bridgehead atoms. The van der Waals surface area contributed by atoms with E-state index >= 15 is 0 Å². The van der Waals surface area contributed by atoms with Gasteiger partial charge in [0.2, 0.25) is 0 Å². The van der Waals surface area contributed by atoms with E-state index in [1.54, 1.807) is 0 Å². The van der Waals surface area contributed by atoms with Crippen LogP contribution in [0, 0.1) is 0 Å². The summed E-state index contributed by atoms with van der Waals surface area (Å²) in [5.41, 5.74) is 5.88. The molecule has 3 heteroatoms. The SMILES string of the molecule is CCCc1ccccc1.COC(N)=O. The van der Waals surface area contributed by atoms with E-state index in [1.165, 1.54) is 25.5 Å². The van der Waals surface area contributed by atoms with Crippen LogP contribution >= 0.6 is 0 Å². The molecular weight excluding hydrogens is 178 g/mol. The molecule has 14 heavy (non-hydrogen) atoms. The highest BCUT2D eigenvalue weighted by atomic mass is 16.5. The number of ether oxygens (including phenoxy) is 1. The Kier molecular flexibility index (Phi) is 7.23. The number of carbonyl (C=O) groups excluding carboxylic acids is 1. The number of nitrogens with two attached hydrogens (primary N) is 1. The standard InChI is InChI=1S/C9H12.C2H5NO2/c1-2-6-9-7-4-3-5-8-9;1-5-2(3)4/h3-5,7-8H,2,6H2,1H3;1H3,(H2,3,4). The quantitative estimate of drug-likeness (QED) is 0.787. The molecule has 1 aromatic carbocycles. The summed E-state index contributed by atoms with van der Waals surface area (Å²) in [5.74, 6) is 0. The van der Waals surface area contributed by atoms with Crippen molar-refractivity contribution in [3.63, 3.8) is 0 Å². The first-order valence-electron chi connectivity index (χ1n) is 4.58. The second kappa shape index (κ2) is 8.10. The van der Waals surface area contributed by atoms with Crippen LogP contribution in [0.5, 0.6) is 0 Å². The molecule has 0 unspecified atom stereocenters. The number of hydrogen-bond donors (Lipinski definition) is 1. The van der Waals surface area contributed by atoms with Crippen LogP contribution in [0.4, 0.5) is 4.79 Å². The minimum absolute atomic E-state index is 0.745. The van der Waals surface area contributed by atoms with Crippen LogP contribution < -0.4 is 5.73 Å². The second-order valence-electron chi connectivity index (χ2n) is 2.76. The molecule has 0 spiro atoms. The maximum atomic E-state index is 9.37. The van der Waals surface area contributed by atoms with Crippen LogP contribution in [-0.2, 0) is 11.2 Å². The van der Waals surface area contributed by atoms with Crippen LogP contribution in [0.15, 0.2) is 30.3 Å². The molecule has 0 atom stereocenters. The Morgan fingerprint density at radius 2 is 1.86 bits per heavy atom. The molecule has 0 aliphatic heterocycles. The molecule has 0 saturated carbocycles. The van der Waals surface area contributed by atoms with E-state index in [0.717, 1.165) is 0 Å². The molecule has 78 valence electrons. The van der Waals surface area contributed by atoms with E-state index < -0.39 is 6.09 Å². The number of amides is 1. The normalized spacial score (nSPS) is 8.43. The van der Waals surface area contributed by atoms with Gasteiger partial charge < -0.3 is 10.5 Å². The highest BCUT2D eigenvalue weighted by Gasteiger charge is 1.84. The van der Waals surface area contributed by atoms with Gasteiger partial charge in [-0.3, -0.25) is 0 Å². The maximum Gasteiger partial charge on any atom is 0.404 e. The molecule has 0 aromatic heterocycles. The zero-order valence-electron chi connectivity index (χ0n) is 8.69. The van der Waals surface area contributed by atoms with Gasteiger partial charge in [-0.15, -0.1) is 0 Å². The number of methoxy groups -OCH3 is 1. The summed E-state index contributed by atoms with van der Waals surface area (Å²) in [6.07, 6.45) is 1.70. The van der Waals surface area contributed by atoms with Gasteiger partial charge in [0.1, 0.15) is 0 Å². The van der Waals surface area contributed by atoms with Crippen molar-refractivity contribution in [2.75, 3.05) is 7.11 Å². The smallest absolute Gasteiger partial charge is 0.404 e. The van der Waals surface area contributed by atoms with E-state index in [-0.39, 0.29) is 0 Å². The van der Waals surface area contributed by atoms with Crippen LogP contribution in [-0.4, -0.2) is 13.2 Å². The van der Waals surface area contributed by atoms with E-state index in [2.05, 4.69) is 47.7 Å². The Balaban J connectivity index is 0.000000292. The van der Waals surface area contributed by atoms with Gasteiger partial charge in [-0.2, -0.15) is 0 Å². The highest BCUT2D eigenvalue weighted by Crippen LogP contribution is 2.00. The fourth-order valence-electron chi connectivity index (χ4n) is 0.933. The molecular formula is C11H17NO2. The molecule has 0 heterocycles. The van der Waals surface area contributed by atoms with Gasteiger partial charge in [0.15, 0.2) is 0 Å². The summed E-state index contributed by atoms with van der Waals surface area (Å²) in [7, 11) is 1.22. The van der Waals surface area contributed by atoms with Crippen molar-refractivity contribution in [2.45, 2.75) is 19.8 Å². The fourth-order valence-corrected chi connectivity index (χ4v) is 0.933. The summed E-state index contributed by atoms with van der Waals surface area (Å²) >= 11 is 0. The molecule has 0 aliphatic carbocycles. The maximum absolute atomic E-state index is 9.37. The summed E-state index contributed by atoms with van der Waals surface area (Å²) in [5, 5.41) is 0. The van der Waals surface area contributed by atoms with E-state index in [0.29, 0.717) is 0 Å². The third kappa shape index (κ3) is 7.16. The molecule has 2 N–H and O–H groups in total. The van der Waals surface area contributed by atoms with Crippen molar-refractivity contribution in [2.24, 2.45) is 5.73 Å². The largest absolute Gasteiger partial charge is 0.453 e. The van der Waals surface area contributed by atoms with E-state index in [9.17, 15) is 4.79 Å². The third-order valence-corrected chi connectivity index (χ3v) is 1.58. The Morgan fingerprint density at radius 3 is 2.21 bits per heavy atom. The first-order valence-corrected chi connectivity index (χ1v) is 4.58. The van der Waals surface area contributed by atoms with Crippen LogP contribution in [0.1, 0.15) is 18.9 Å². The predicted molar refractivity (Wildman–Crippen MR) is 57.0 cm³/mol. The van der Waals surface area contributed by atoms with Crippen LogP contribution in [0.25, 0.3) is 0 Å². The van der Waals surface area contributed by atoms with E-state index in [1.807, 2.05) is 0 Å². The summed E-state index contributed by atoms with van der Waals surface area (Å²) < 4.78 is 3.89. The Hall–Kier alpha value is -1.51. The third-order valence-electron chi connectivity index (χ3n) is 1.58. The van der Waals surface area contributed by atoms with Gasteiger partial charge in [-0.1, -0.05) is 43.7 Å². The van der Waals surface area contributed by atoms with Gasteiger partial charge in [0.05, 0.1) is 7.11 Å². The van der Waals surface area contributed by atoms with Crippen molar-refractivity contribution in [3.05, 3.63) is 35.9 Å². The second-order valence-corrected chi connectivity index (χ2v) is 2.76. The predicted octanol–water partition coefficient (Wildman–Crippen LogP) is 2.35. The van der Waals surface area contributed by atoms with Gasteiger partial charge in [0, 0.05) is 0 Å². The Bertz CT molecular complexity index is 247. The zero-order valence-corrected chi connectivity index (χ0v) is 8.69. The van der Waals surface area contributed by atoms with Gasteiger partial charge >= 0.3 is 6.09 Å². The van der Waals surface area contributed by atoms with Crippen molar-refractivity contribution in [3.8, 4) is 0 Å². The van der Waals surface area contributed by atoms with Crippen molar-refractivity contribution in [1.29, 1.82) is 0 Å². The fraction of sp³-hybridized carbons (Fsp3) is 0.364. The molecule has 1 rings (SSSR count). The molecule has 0 aliphatic rings. The number of primary amides is 1. The van der Waals surface area contributed by atoms with Crippen molar-refractivity contribution in [1.82, 2.24) is 0 Å². The molecule has 1 amide bonds. The van der Waals surface area contributed by atoms with Crippen molar-refractivity contribution < 1.29 is 9.53 Å². The summed E-state index contributed by atoms with van der Waals surface area (Å²) in [6.45, 7) is 2.20. The average Bonchev–Trinajstić information content (AvgIpc) is 2.21. The van der Waals surface area contributed by atoms with Crippen molar-refractivity contribution >= 4 is 6.09 Å². The minimum Gasteiger partial charge on any atom is -0.453 e. The number of rotatable bonds is 2. The summed E-state index contributed by atoms with van der Waals surface area (Å²) in [6, 6.07) is 10.6. The lowest BCUT2D eigenvalue weighted by Crippen LogP contribution is -2.08. The molecule has 3 nitrogen and oxygen atoms in total. The number of benzene rings is 1. The van der Waals surface area contributed by atoms with Gasteiger partial charge in [-0.05, 0) is 12.0 Å². The molecule has 0 fully saturated rings. The van der Waals surface area contributed by atoms with Crippen LogP contribution in [0.2, 0.25) is 0 Å². The average molecular weight is 195 g/mol. The Morgan fingerprint density at radius 1 is 1.36 bits per heavy atom. The van der Waals surface area contributed by atoms with Gasteiger partial charge in [0.25, 0.3) is 0 Å². The molecule has 0 radical (unpaired) electrons. The first-order chi connectivity index (χ1) is 6.70. The van der Waals surface area contributed by atoms with Gasteiger partial charge in [-0.25, -0.2) is 4.79 Å². The minimum atomic E-state index is -0.745. The Labute approximate surface area is 84.9 Å². The monoisotopic (exact) mass is 195 g/mol. The topological polar surface area (TPSA) is 52.3 Å². The number of carbonyl (C=O) groups is 1. The number of aryl methyl sites for hydroxylation is 1. The van der Waals surface area contributed by atoms with E-state index in [4.69, 9.17) is 0 Å². The number of hydrogen-bond acceptors (Lipinski definition) is 2. The van der Waals surface area contributed by atoms with Crippen LogP contribution in [0.3, 0.4) is 0 Å². The highest BCUT2D eigenvalue weighted by molar-refractivity contribution is 5.64. The zero-order chi connectivity index (χ0) is 10.8.